The third kappa shape index (κ3) is 6.96. The molecule has 1 unspecified atom stereocenters. The second-order valence-corrected chi connectivity index (χ2v) is 4.01. The topological polar surface area (TPSA) is 80.7 Å². The lowest BCUT2D eigenvalue weighted by molar-refractivity contribution is -0.165. The van der Waals surface area contributed by atoms with Gasteiger partial charge in [0.1, 0.15) is 0 Å². The average Bonchev–Trinajstić information content (AvgIpc) is 1.99. The normalized spacial score (nSPS) is 12.3. The van der Waals surface area contributed by atoms with Crippen molar-refractivity contribution >= 4 is 29.7 Å². The second kappa shape index (κ2) is 6.44. The Labute approximate surface area is 93.2 Å². The number of ether oxygens (including phenoxy) is 1. The quantitative estimate of drug-likeness (QED) is 0.526. The van der Waals surface area contributed by atoms with Gasteiger partial charge in [-0.3, -0.25) is 9.59 Å². The van der Waals surface area contributed by atoms with Crippen molar-refractivity contribution in [2.24, 2.45) is 5.92 Å². The number of hydrogen-bond donors (Lipinski definition) is 2. The van der Waals surface area contributed by atoms with Crippen LogP contribution in [0, 0.1) is 5.92 Å². The molecular formula is C9H14O5S. The Morgan fingerprint density at radius 2 is 1.80 bits per heavy atom. The van der Waals surface area contributed by atoms with Crippen LogP contribution in [0.2, 0.25) is 0 Å². The molecule has 1 atom stereocenters. The molecule has 0 aliphatic rings. The highest BCUT2D eigenvalue weighted by molar-refractivity contribution is 7.96. The van der Waals surface area contributed by atoms with Gasteiger partial charge in [-0.15, -0.1) is 12.6 Å². The second-order valence-electron chi connectivity index (χ2n) is 3.51. The third-order valence-electron chi connectivity index (χ3n) is 1.48. The van der Waals surface area contributed by atoms with Crippen LogP contribution in [-0.2, 0) is 19.1 Å². The first-order valence-electron chi connectivity index (χ1n) is 4.47. The van der Waals surface area contributed by atoms with Gasteiger partial charge in [-0.25, -0.2) is 4.79 Å². The van der Waals surface area contributed by atoms with E-state index in [1.807, 2.05) is 0 Å². The van der Waals surface area contributed by atoms with Crippen molar-refractivity contribution in [2.75, 3.05) is 0 Å². The van der Waals surface area contributed by atoms with Crippen LogP contribution in [0.5, 0.6) is 0 Å². The third-order valence-corrected chi connectivity index (χ3v) is 1.67. The highest BCUT2D eigenvalue weighted by atomic mass is 32.1. The van der Waals surface area contributed by atoms with Gasteiger partial charge in [0.2, 0.25) is 6.10 Å². The minimum Gasteiger partial charge on any atom is -0.478 e. The molecule has 0 fully saturated rings. The monoisotopic (exact) mass is 234 g/mol. The molecule has 0 spiro atoms. The molecule has 0 aromatic heterocycles. The van der Waals surface area contributed by atoms with E-state index in [2.05, 4.69) is 17.4 Å². The summed E-state index contributed by atoms with van der Waals surface area (Å²) in [5, 5.41) is 8.02. The zero-order chi connectivity index (χ0) is 12.0. The molecule has 0 aliphatic carbocycles. The van der Waals surface area contributed by atoms with E-state index in [1.165, 1.54) is 0 Å². The molecule has 0 saturated heterocycles. The lowest BCUT2D eigenvalue weighted by atomic mass is 10.1. The van der Waals surface area contributed by atoms with Crippen molar-refractivity contribution in [3.8, 4) is 0 Å². The predicted octanol–water partition coefficient (Wildman–Crippen LogP) is 0.875. The van der Waals surface area contributed by atoms with Crippen LogP contribution in [0.3, 0.4) is 0 Å². The molecule has 0 aliphatic heterocycles. The number of esters is 1. The van der Waals surface area contributed by atoms with Gasteiger partial charge in [0.15, 0.2) is 5.12 Å². The predicted molar refractivity (Wildman–Crippen MR) is 55.6 cm³/mol. The fourth-order valence-electron chi connectivity index (χ4n) is 0.878. The summed E-state index contributed by atoms with van der Waals surface area (Å²) in [5.41, 5.74) is 0. The van der Waals surface area contributed by atoms with Gasteiger partial charge >= 0.3 is 11.9 Å². The average molecular weight is 234 g/mol. The highest BCUT2D eigenvalue weighted by Gasteiger charge is 2.24. The maximum atomic E-state index is 11.1. The van der Waals surface area contributed by atoms with Crippen LogP contribution in [0.1, 0.15) is 26.7 Å². The number of rotatable bonds is 6. The lowest BCUT2D eigenvalue weighted by Gasteiger charge is -2.12. The Morgan fingerprint density at radius 3 is 2.13 bits per heavy atom. The molecule has 0 saturated carbocycles. The maximum absolute atomic E-state index is 11.1. The molecule has 0 heterocycles. The van der Waals surface area contributed by atoms with Crippen LogP contribution in [0.25, 0.3) is 0 Å². The molecule has 5 nitrogen and oxygen atoms in total. The summed E-state index contributed by atoms with van der Waals surface area (Å²) in [6.45, 7) is 3.61. The van der Waals surface area contributed by atoms with E-state index >= 15 is 0 Å². The zero-order valence-corrected chi connectivity index (χ0v) is 9.49. The molecule has 0 radical (unpaired) electrons. The van der Waals surface area contributed by atoms with Crippen LogP contribution in [-0.4, -0.2) is 28.3 Å². The number of hydrogen-bond acceptors (Lipinski definition) is 4. The van der Waals surface area contributed by atoms with E-state index < -0.39 is 29.6 Å². The standard InChI is InChI=1S/C9H14O5S/c1-5(2)3-7(10)14-6(9(12)13)4-8(11)15/h5-6H,3-4H2,1-2H3,(H,11,15)(H,12,13). The lowest BCUT2D eigenvalue weighted by Crippen LogP contribution is -2.29. The molecule has 86 valence electrons. The summed E-state index contributed by atoms with van der Waals surface area (Å²) in [6.07, 6.45) is -1.71. The first kappa shape index (κ1) is 14.0. The SMILES string of the molecule is CC(C)CC(=O)OC(CC(=O)S)C(=O)O. The summed E-state index contributed by atoms with van der Waals surface area (Å²) in [4.78, 5) is 32.3. The minimum absolute atomic E-state index is 0.0821. The first-order valence-corrected chi connectivity index (χ1v) is 4.91. The van der Waals surface area contributed by atoms with E-state index in [-0.39, 0.29) is 12.3 Å². The van der Waals surface area contributed by atoms with E-state index in [1.54, 1.807) is 13.8 Å². The number of aliphatic carboxylic acids is 1. The summed E-state index contributed by atoms with van der Waals surface area (Å²) in [6, 6.07) is 0. The van der Waals surface area contributed by atoms with E-state index in [9.17, 15) is 14.4 Å². The smallest absolute Gasteiger partial charge is 0.345 e. The molecule has 6 heteroatoms. The summed E-state index contributed by atoms with van der Waals surface area (Å²) >= 11 is 3.43. The van der Waals surface area contributed by atoms with Crippen molar-refractivity contribution in [1.82, 2.24) is 0 Å². The number of carbonyl (C=O) groups excluding carboxylic acids is 2. The van der Waals surface area contributed by atoms with E-state index in [0.717, 1.165) is 0 Å². The summed E-state index contributed by atoms with van der Waals surface area (Å²) in [5.74, 6) is -1.87. The van der Waals surface area contributed by atoms with Gasteiger partial charge in [0.25, 0.3) is 0 Å². The molecule has 0 bridgehead atoms. The number of carbonyl (C=O) groups is 3. The van der Waals surface area contributed by atoms with Crippen LogP contribution in [0.15, 0.2) is 0 Å². The Balaban J connectivity index is 4.22. The molecule has 0 amide bonds. The maximum Gasteiger partial charge on any atom is 0.345 e. The first-order chi connectivity index (χ1) is 6.82. The summed E-state index contributed by atoms with van der Waals surface area (Å²) < 4.78 is 4.63. The van der Waals surface area contributed by atoms with Crippen molar-refractivity contribution in [3.63, 3.8) is 0 Å². The molecule has 0 aromatic rings. The van der Waals surface area contributed by atoms with Gasteiger partial charge in [-0.05, 0) is 5.92 Å². The van der Waals surface area contributed by atoms with Crippen LogP contribution >= 0.6 is 12.6 Å². The molecule has 1 N–H and O–H groups in total. The molecule has 0 rings (SSSR count). The number of thiol groups is 1. The van der Waals surface area contributed by atoms with Crippen molar-refractivity contribution in [1.29, 1.82) is 0 Å². The minimum atomic E-state index is -1.43. The van der Waals surface area contributed by atoms with Crippen molar-refractivity contribution < 1.29 is 24.2 Å². The molecule has 15 heavy (non-hydrogen) atoms. The summed E-state index contributed by atoms with van der Waals surface area (Å²) in [7, 11) is 0. The largest absolute Gasteiger partial charge is 0.478 e. The van der Waals surface area contributed by atoms with Crippen molar-refractivity contribution in [3.05, 3.63) is 0 Å². The Morgan fingerprint density at radius 1 is 1.27 bits per heavy atom. The number of carboxylic acids is 1. The van der Waals surface area contributed by atoms with Gasteiger partial charge in [-0.1, -0.05) is 13.8 Å². The van der Waals surface area contributed by atoms with Crippen molar-refractivity contribution in [2.45, 2.75) is 32.8 Å². The van der Waals surface area contributed by atoms with Gasteiger partial charge < -0.3 is 9.84 Å². The molecular weight excluding hydrogens is 220 g/mol. The van der Waals surface area contributed by atoms with Crippen LogP contribution < -0.4 is 0 Å². The number of carboxylic acid groups (broad SMARTS) is 1. The van der Waals surface area contributed by atoms with Crippen LogP contribution in [0.4, 0.5) is 0 Å². The van der Waals surface area contributed by atoms with Gasteiger partial charge in [-0.2, -0.15) is 0 Å². The molecule has 0 aromatic carbocycles. The zero-order valence-electron chi connectivity index (χ0n) is 8.60. The highest BCUT2D eigenvalue weighted by Crippen LogP contribution is 2.07. The Kier molecular flexibility index (Phi) is 6.00. The van der Waals surface area contributed by atoms with E-state index in [4.69, 9.17) is 5.11 Å². The fraction of sp³-hybridized carbons (Fsp3) is 0.667. The Bertz CT molecular complexity index is 261. The fourth-order valence-corrected chi connectivity index (χ4v) is 1.04. The Hall–Kier alpha value is -1.04. The van der Waals surface area contributed by atoms with Gasteiger partial charge in [0.05, 0.1) is 6.42 Å². The van der Waals surface area contributed by atoms with E-state index in [0.29, 0.717) is 0 Å². The van der Waals surface area contributed by atoms with Gasteiger partial charge in [0, 0.05) is 6.42 Å².